The van der Waals surface area contributed by atoms with E-state index in [2.05, 4.69) is 56.6 Å². The second kappa shape index (κ2) is 9.96. The predicted molar refractivity (Wildman–Crippen MR) is 94.1 cm³/mol. The first-order valence-corrected chi connectivity index (χ1v) is 7.86. The molecule has 0 heterocycles. The summed E-state index contributed by atoms with van der Waals surface area (Å²) in [5.41, 5.74) is 2.59. The lowest BCUT2D eigenvalue weighted by molar-refractivity contribution is -0.121. The number of carbonyl (C=O) groups excluding carboxylic acids is 1. The van der Waals surface area contributed by atoms with E-state index in [4.69, 9.17) is 0 Å². The van der Waals surface area contributed by atoms with Gasteiger partial charge in [0.1, 0.15) is 0 Å². The maximum Gasteiger partial charge on any atom is 0.234 e. The number of hydrogen-bond acceptors (Lipinski definition) is 2. The fraction of sp³-hybridized carbons (Fsp3) is 0.421. The molecule has 0 radical (unpaired) electrons. The number of carbonyl (C=O) groups is 1. The molecule has 0 spiro atoms. The standard InChI is InChI=1S/C19H28N2O/c1-5-13-21(14-6-2)15-19(22)20-12-11-17-7-9-18(10-8-17)16(3)4/h5-10,16H,1-2,11-15H2,3-4H3,(H,20,22). The van der Waals surface area contributed by atoms with Crippen LogP contribution < -0.4 is 5.32 Å². The molecule has 0 saturated heterocycles. The van der Waals surface area contributed by atoms with Gasteiger partial charge >= 0.3 is 0 Å². The van der Waals surface area contributed by atoms with Gasteiger partial charge in [-0.05, 0) is 23.5 Å². The molecule has 1 N–H and O–H groups in total. The summed E-state index contributed by atoms with van der Waals surface area (Å²) in [6, 6.07) is 8.61. The van der Waals surface area contributed by atoms with E-state index in [1.807, 2.05) is 4.90 Å². The highest BCUT2D eigenvalue weighted by Gasteiger charge is 2.07. The molecule has 22 heavy (non-hydrogen) atoms. The van der Waals surface area contributed by atoms with Gasteiger partial charge in [0.25, 0.3) is 0 Å². The van der Waals surface area contributed by atoms with E-state index in [1.165, 1.54) is 11.1 Å². The minimum atomic E-state index is 0.0440. The van der Waals surface area contributed by atoms with Crippen LogP contribution in [0.2, 0.25) is 0 Å². The lowest BCUT2D eigenvalue weighted by Crippen LogP contribution is -2.38. The first-order chi connectivity index (χ1) is 10.6. The Kier molecular flexibility index (Phi) is 8.23. The molecule has 1 rings (SSSR count). The monoisotopic (exact) mass is 300 g/mol. The molecule has 0 aliphatic heterocycles. The molecule has 0 fully saturated rings. The Balaban J connectivity index is 2.34. The van der Waals surface area contributed by atoms with Crippen molar-refractivity contribution in [2.75, 3.05) is 26.2 Å². The van der Waals surface area contributed by atoms with E-state index in [-0.39, 0.29) is 5.91 Å². The highest BCUT2D eigenvalue weighted by atomic mass is 16.2. The molecule has 0 aliphatic rings. The van der Waals surface area contributed by atoms with Gasteiger partial charge in [-0.25, -0.2) is 0 Å². The first-order valence-electron chi connectivity index (χ1n) is 7.86. The summed E-state index contributed by atoms with van der Waals surface area (Å²) < 4.78 is 0. The van der Waals surface area contributed by atoms with Gasteiger partial charge in [-0.3, -0.25) is 9.69 Å². The van der Waals surface area contributed by atoms with E-state index >= 15 is 0 Å². The highest BCUT2D eigenvalue weighted by molar-refractivity contribution is 5.78. The fourth-order valence-electron chi connectivity index (χ4n) is 2.24. The largest absolute Gasteiger partial charge is 0.355 e. The first kappa shape index (κ1) is 18.2. The topological polar surface area (TPSA) is 32.3 Å². The average Bonchev–Trinajstić information content (AvgIpc) is 2.48. The van der Waals surface area contributed by atoms with Crippen molar-refractivity contribution in [1.82, 2.24) is 10.2 Å². The van der Waals surface area contributed by atoms with Crippen LogP contribution in [-0.2, 0) is 11.2 Å². The molecular formula is C19H28N2O. The van der Waals surface area contributed by atoms with Gasteiger partial charge in [-0.1, -0.05) is 50.3 Å². The quantitative estimate of drug-likeness (QED) is 0.673. The van der Waals surface area contributed by atoms with Crippen LogP contribution in [-0.4, -0.2) is 37.0 Å². The lowest BCUT2D eigenvalue weighted by Gasteiger charge is -2.18. The second-order valence-electron chi connectivity index (χ2n) is 5.77. The molecule has 0 unspecified atom stereocenters. The van der Waals surface area contributed by atoms with Gasteiger partial charge in [-0.2, -0.15) is 0 Å². The van der Waals surface area contributed by atoms with Crippen molar-refractivity contribution in [2.45, 2.75) is 26.2 Å². The molecule has 3 nitrogen and oxygen atoms in total. The zero-order valence-corrected chi connectivity index (χ0v) is 13.8. The summed E-state index contributed by atoms with van der Waals surface area (Å²) in [7, 11) is 0. The molecule has 1 aromatic rings. The SMILES string of the molecule is C=CCN(CC=C)CC(=O)NCCc1ccc(C(C)C)cc1. The zero-order chi connectivity index (χ0) is 16.4. The third kappa shape index (κ3) is 6.72. The summed E-state index contributed by atoms with van der Waals surface area (Å²) in [6.45, 7) is 14.2. The number of benzene rings is 1. The van der Waals surface area contributed by atoms with E-state index in [1.54, 1.807) is 12.2 Å². The minimum absolute atomic E-state index is 0.0440. The Morgan fingerprint density at radius 1 is 1.18 bits per heavy atom. The van der Waals surface area contributed by atoms with Gasteiger partial charge < -0.3 is 5.32 Å². The van der Waals surface area contributed by atoms with Gasteiger partial charge in [0, 0.05) is 19.6 Å². The second-order valence-corrected chi connectivity index (χ2v) is 5.77. The lowest BCUT2D eigenvalue weighted by atomic mass is 10.0. The van der Waals surface area contributed by atoms with Crippen molar-refractivity contribution < 1.29 is 4.79 Å². The summed E-state index contributed by atoms with van der Waals surface area (Å²) in [4.78, 5) is 13.9. The van der Waals surface area contributed by atoms with E-state index in [0.29, 0.717) is 32.1 Å². The van der Waals surface area contributed by atoms with Gasteiger partial charge in [0.05, 0.1) is 6.54 Å². The van der Waals surface area contributed by atoms with Crippen molar-refractivity contribution >= 4 is 5.91 Å². The summed E-state index contributed by atoms with van der Waals surface area (Å²) in [6.07, 6.45) is 4.45. The van der Waals surface area contributed by atoms with Crippen molar-refractivity contribution in [3.05, 3.63) is 60.7 Å². The van der Waals surface area contributed by atoms with Crippen molar-refractivity contribution in [2.24, 2.45) is 0 Å². The summed E-state index contributed by atoms with van der Waals surface area (Å²) in [5.74, 6) is 0.594. The van der Waals surface area contributed by atoms with Crippen LogP contribution in [0.1, 0.15) is 30.9 Å². The van der Waals surface area contributed by atoms with Crippen molar-refractivity contribution in [3.8, 4) is 0 Å². The van der Waals surface area contributed by atoms with Crippen LogP contribution in [0, 0.1) is 0 Å². The number of amides is 1. The maximum atomic E-state index is 11.9. The molecule has 3 heteroatoms. The fourth-order valence-corrected chi connectivity index (χ4v) is 2.24. The van der Waals surface area contributed by atoms with Crippen molar-refractivity contribution in [1.29, 1.82) is 0 Å². The normalized spacial score (nSPS) is 10.7. The summed E-state index contributed by atoms with van der Waals surface area (Å²) >= 11 is 0. The Labute approximate surface area is 134 Å². The molecule has 0 bridgehead atoms. The Hall–Kier alpha value is -1.87. The van der Waals surface area contributed by atoms with Crippen LogP contribution in [0.25, 0.3) is 0 Å². The Morgan fingerprint density at radius 3 is 2.27 bits per heavy atom. The molecule has 1 aromatic carbocycles. The third-order valence-electron chi connectivity index (χ3n) is 3.52. The number of nitrogens with one attached hydrogen (secondary N) is 1. The van der Waals surface area contributed by atoms with Crippen LogP contribution >= 0.6 is 0 Å². The third-order valence-corrected chi connectivity index (χ3v) is 3.52. The van der Waals surface area contributed by atoms with Crippen LogP contribution in [0.3, 0.4) is 0 Å². The number of rotatable bonds is 10. The van der Waals surface area contributed by atoms with E-state index < -0.39 is 0 Å². The number of nitrogens with zero attached hydrogens (tertiary/aromatic N) is 1. The minimum Gasteiger partial charge on any atom is -0.355 e. The zero-order valence-electron chi connectivity index (χ0n) is 13.8. The van der Waals surface area contributed by atoms with Gasteiger partial charge in [0.15, 0.2) is 0 Å². The number of hydrogen-bond donors (Lipinski definition) is 1. The maximum absolute atomic E-state index is 11.9. The van der Waals surface area contributed by atoms with Crippen LogP contribution in [0.15, 0.2) is 49.6 Å². The molecular weight excluding hydrogens is 272 g/mol. The van der Waals surface area contributed by atoms with Crippen molar-refractivity contribution in [3.63, 3.8) is 0 Å². The molecule has 1 amide bonds. The molecule has 0 saturated carbocycles. The average molecular weight is 300 g/mol. The molecule has 0 aromatic heterocycles. The predicted octanol–water partition coefficient (Wildman–Crippen LogP) is 3.14. The molecule has 120 valence electrons. The van der Waals surface area contributed by atoms with Crippen LogP contribution in [0.5, 0.6) is 0 Å². The van der Waals surface area contributed by atoms with E-state index in [9.17, 15) is 4.79 Å². The van der Waals surface area contributed by atoms with E-state index in [0.717, 1.165) is 6.42 Å². The van der Waals surface area contributed by atoms with Gasteiger partial charge in [0.2, 0.25) is 5.91 Å². The Morgan fingerprint density at radius 2 is 1.77 bits per heavy atom. The van der Waals surface area contributed by atoms with Gasteiger partial charge in [-0.15, -0.1) is 13.2 Å². The smallest absolute Gasteiger partial charge is 0.234 e. The molecule has 0 aliphatic carbocycles. The Bertz CT molecular complexity index is 467. The highest BCUT2D eigenvalue weighted by Crippen LogP contribution is 2.14. The molecule has 0 atom stereocenters. The summed E-state index contributed by atoms with van der Waals surface area (Å²) in [5, 5.41) is 2.97. The van der Waals surface area contributed by atoms with Crippen LogP contribution in [0.4, 0.5) is 0 Å².